The molecule has 0 amide bonds. The first-order valence-corrected chi connectivity index (χ1v) is 12.0. The Bertz CT molecular complexity index is 1030. The Morgan fingerprint density at radius 2 is 1.90 bits per heavy atom. The van der Waals surface area contributed by atoms with Gasteiger partial charge in [0.15, 0.2) is 5.75 Å². The second-order valence-electron chi connectivity index (χ2n) is 8.06. The van der Waals surface area contributed by atoms with Crippen LogP contribution in [0.5, 0.6) is 17.5 Å². The molecule has 0 bridgehead atoms. The van der Waals surface area contributed by atoms with Crippen molar-refractivity contribution in [3.8, 4) is 17.5 Å². The highest BCUT2D eigenvalue weighted by Gasteiger charge is 2.44. The van der Waals surface area contributed by atoms with Crippen LogP contribution in [0.3, 0.4) is 0 Å². The molecule has 3 heterocycles. The minimum Gasteiger partial charge on any atom is -0.473 e. The van der Waals surface area contributed by atoms with Crippen molar-refractivity contribution in [2.45, 2.75) is 44.5 Å². The fourth-order valence-corrected chi connectivity index (χ4v) is 5.69. The molecule has 2 atom stereocenters. The fraction of sp³-hybridized carbons (Fsp3) is 0.571. The first kappa shape index (κ1) is 21.9. The minimum absolute atomic E-state index is 0.0911. The van der Waals surface area contributed by atoms with E-state index < -0.39 is 10.0 Å². The SMILES string of the molecule is COCC1CN(S(=O)(=O)C2CC2)CCC1Oc1ncnc(Oc2cccnc2C)c1C. The number of nitrogens with zero attached hydrogens (tertiary/aromatic N) is 4. The molecule has 10 heteroatoms. The molecule has 2 aromatic heterocycles. The fourth-order valence-electron chi connectivity index (χ4n) is 3.78. The number of sulfonamides is 1. The molecule has 0 spiro atoms. The molecule has 2 fully saturated rings. The van der Waals surface area contributed by atoms with Gasteiger partial charge >= 0.3 is 0 Å². The van der Waals surface area contributed by atoms with Gasteiger partial charge in [-0.3, -0.25) is 4.98 Å². The molecule has 1 aliphatic heterocycles. The summed E-state index contributed by atoms with van der Waals surface area (Å²) in [5.41, 5.74) is 1.43. The van der Waals surface area contributed by atoms with Gasteiger partial charge in [0, 0.05) is 32.3 Å². The summed E-state index contributed by atoms with van der Waals surface area (Å²) >= 11 is 0. The molecule has 0 aromatic carbocycles. The highest BCUT2D eigenvalue weighted by molar-refractivity contribution is 7.90. The van der Waals surface area contributed by atoms with Gasteiger partial charge in [-0.2, -0.15) is 0 Å². The molecule has 4 rings (SSSR count). The number of methoxy groups -OCH3 is 1. The largest absolute Gasteiger partial charge is 0.473 e. The van der Waals surface area contributed by atoms with E-state index in [1.165, 1.54) is 6.33 Å². The Morgan fingerprint density at radius 1 is 1.13 bits per heavy atom. The number of aromatic nitrogens is 3. The number of hydrogen-bond donors (Lipinski definition) is 0. The average molecular weight is 449 g/mol. The summed E-state index contributed by atoms with van der Waals surface area (Å²) in [6.07, 6.45) is 4.98. The molecule has 1 saturated carbocycles. The van der Waals surface area contributed by atoms with Gasteiger partial charge in [-0.15, -0.1) is 0 Å². The molecule has 1 aliphatic carbocycles. The molecule has 0 N–H and O–H groups in total. The third kappa shape index (κ3) is 4.81. The van der Waals surface area contributed by atoms with Crippen molar-refractivity contribution in [3.63, 3.8) is 0 Å². The minimum atomic E-state index is -3.22. The summed E-state index contributed by atoms with van der Waals surface area (Å²) in [5.74, 6) is 1.35. The number of aryl methyl sites for hydroxylation is 1. The van der Waals surface area contributed by atoms with E-state index in [4.69, 9.17) is 14.2 Å². The predicted molar refractivity (Wildman–Crippen MR) is 114 cm³/mol. The normalized spacial score (nSPS) is 22.3. The van der Waals surface area contributed by atoms with E-state index >= 15 is 0 Å². The zero-order valence-electron chi connectivity index (χ0n) is 18.0. The summed E-state index contributed by atoms with van der Waals surface area (Å²) in [4.78, 5) is 12.8. The van der Waals surface area contributed by atoms with Crippen molar-refractivity contribution in [3.05, 3.63) is 35.9 Å². The lowest BCUT2D eigenvalue weighted by molar-refractivity contribution is 0.0215. The highest BCUT2D eigenvalue weighted by Crippen LogP contribution is 2.35. The van der Waals surface area contributed by atoms with E-state index in [1.54, 1.807) is 23.7 Å². The van der Waals surface area contributed by atoms with E-state index in [1.807, 2.05) is 19.9 Å². The number of rotatable bonds is 8. The third-order valence-electron chi connectivity index (χ3n) is 5.73. The van der Waals surface area contributed by atoms with E-state index in [-0.39, 0.29) is 17.3 Å². The maximum Gasteiger partial charge on any atom is 0.229 e. The number of ether oxygens (including phenoxy) is 3. The van der Waals surface area contributed by atoms with Crippen molar-refractivity contribution < 1.29 is 22.6 Å². The second-order valence-corrected chi connectivity index (χ2v) is 10.3. The Labute approximate surface area is 182 Å². The first-order chi connectivity index (χ1) is 14.9. The molecule has 9 nitrogen and oxygen atoms in total. The molecular weight excluding hydrogens is 420 g/mol. The second kappa shape index (κ2) is 9.05. The van der Waals surface area contributed by atoms with Crippen LogP contribution in [-0.2, 0) is 14.8 Å². The number of hydrogen-bond acceptors (Lipinski definition) is 8. The zero-order chi connectivity index (χ0) is 22.0. The van der Waals surface area contributed by atoms with E-state index in [2.05, 4.69) is 15.0 Å². The van der Waals surface area contributed by atoms with Crippen LogP contribution in [0.1, 0.15) is 30.5 Å². The Kier molecular flexibility index (Phi) is 6.40. The molecule has 0 radical (unpaired) electrons. The van der Waals surface area contributed by atoms with Crippen LogP contribution in [0, 0.1) is 19.8 Å². The predicted octanol–water partition coefficient (Wildman–Crippen LogP) is 2.49. The molecule has 1 saturated heterocycles. The summed E-state index contributed by atoms with van der Waals surface area (Å²) in [7, 11) is -1.60. The van der Waals surface area contributed by atoms with Crippen LogP contribution >= 0.6 is 0 Å². The zero-order valence-corrected chi connectivity index (χ0v) is 18.8. The van der Waals surface area contributed by atoms with Crippen LogP contribution in [0.4, 0.5) is 0 Å². The van der Waals surface area contributed by atoms with Gasteiger partial charge < -0.3 is 14.2 Å². The van der Waals surface area contributed by atoms with Crippen LogP contribution in [-0.4, -0.2) is 65.8 Å². The average Bonchev–Trinajstić information content (AvgIpc) is 3.60. The van der Waals surface area contributed by atoms with Gasteiger partial charge in [0.25, 0.3) is 0 Å². The van der Waals surface area contributed by atoms with Gasteiger partial charge in [-0.1, -0.05) is 0 Å². The van der Waals surface area contributed by atoms with Crippen LogP contribution in [0.15, 0.2) is 24.7 Å². The van der Waals surface area contributed by atoms with Crippen molar-refractivity contribution in [2.24, 2.45) is 5.92 Å². The maximum atomic E-state index is 12.7. The number of pyridine rings is 1. The van der Waals surface area contributed by atoms with Gasteiger partial charge in [0.05, 0.1) is 23.1 Å². The summed E-state index contributed by atoms with van der Waals surface area (Å²) in [6.45, 7) is 4.94. The Balaban J connectivity index is 1.49. The molecule has 2 unspecified atom stereocenters. The lowest BCUT2D eigenvalue weighted by atomic mass is 9.97. The van der Waals surface area contributed by atoms with Crippen molar-refractivity contribution in [1.82, 2.24) is 19.3 Å². The third-order valence-corrected chi connectivity index (χ3v) is 8.10. The smallest absolute Gasteiger partial charge is 0.229 e. The van der Waals surface area contributed by atoms with Gasteiger partial charge in [0.1, 0.15) is 12.4 Å². The van der Waals surface area contributed by atoms with Crippen LogP contribution in [0.25, 0.3) is 0 Å². The quantitative estimate of drug-likeness (QED) is 0.607. The van der Waals surface area contributed by atoms with Crippen molar-refractivity contribution in [1.29, 1.82) is 0 Å². The highest BCUT2D eigenvalue weighted by atomic mass is 32.2. The lowest BCUT2D eigenvalue weighted by Gasteiger charge is -2.37. The van der Waals surface area contributed by atoms with E-state index in [0.29, 0.717) is 49.2 Å². The van der Waals surface area contributed by atoms with Crippen molar-refractivity contribution >= 4 is 10.0 Å². The standard InChI is InChI=1S/C21H28N4O5S/c1-14-20(29-18-5-4-9-22-15(18)2)23-13-24-21(14)30-19-8-10-25(11-16(19)12-28-3)31(26,27)17-6-7-17/h4-5,9,13,16-17,19H,6-8,10-12H2,1-3H3. The molecule has 168 valence electrons. The summed E-state index contributed by atoms with van der Waals surface area (Å²) in [5, 5.41) is -0.215. The molecule has 31 heavy (non-hydrogen) atoms. The molecule has 2 aromatic rings. The lowest BCUT2D eigenvalue weighted by Crippen LogP contribution is -2.50. The van der Waals surface area contributed by atoms with E-state index in [9.17, 15) is 8.42 Å². The summed E-state index contributed by atoms with van der Waals surface area (Å²) < 4.78 is 44.5. The molecule has 2 aliphatic rings. The maximum absolute atomic E-state index is 12.7. The topological polar surface area (TPSA) is 104 Å². The van der Waals surface area contributed by atoms with Crippen molar-refractivity contribution in [2.75, 3.05) is 26.8 Å². The molecular formula is C21H28N4O5S. The van der Waals surface area contributed by atoms with Crippen LogP contribution in [0.2, 0.25) is 0 Å². The van der Waals surface area contributed by atoms with E-state index in [0.717, 1.165) is 18.5 Å². The summed E-state index contributed by atoms with van der Waals surface area (Å²) in [6, 6.07) is 3.63. The Hall–Kier alpha value is -2.30. The van der Waals surface area contributed by atoms with Gasteiger partial charge in [-0.25, -0.2) is 22.7 Å². The van der Waals surface area contributed by atoms with Crippen LogP contribution < -0.4 is 9.47 Å². The van der Waals surface area contributed by atoms with Gasteiger partial charge in [-0.05, 0) is 45.2 Å². The van der Waals surface area contributed by atoms with Gasteiger partial charge in [0.2, 0.25) is 21.8 Å². The first-order valence-electron chi connectivity index (χ1n) is 10.5. The monoisotopic (exact) mass is 448 g/mol. The number of piperidine rings is 1. The Morgan fingerprint density at radius 3 is 2.61 bits per heavy atom.